The zero-order chi connectivity index (χ0) is 11.4. The first kappa shape index (κ1) is 11.4. The van der Waals surface area contributed by atoms with Gasteiger partial charge in [0.2, 0.25) is 0 Å². The summed E-state index contributed by atoms with van der Waals surface area (Å²) in [7, 11) is 0. The summed E-state index contributed by atoms with van der Waals surface area (Å²) in [5.41, 5.74) is 0.152. The molecule has 1 rings (SSSR count). The Labute approximate surface area is 86.6 Å². The molecule has 1 N–H and O–H groups in total. The van der Waals surface area contributed by atoms with Crippen LogP contribution in [0.2, 0.25) is 0 Å². The molecule has 0 saturated heterocycles. The first-order valence-electron chi connectivity index (χ1n) is 4.39. The molecule has 0 aliphatic carbocycles. The van der Waals surface area contributed by atoms with Crippen molar-refractivity contribution < 1.29 is 13.6 Å². The standard InChI is InChI=1S/C11H11F2NO/c1-7(2)6-14-11(15)10-8(12)4-3-5-9(10)13/h3-5H,1,6H2,2H3,(H,14,15). The molecule has 2 nitrogen and oxygen atoms in total. The number of nitrogens with one attached hydrogen (secondary N) is 1. The van der Waals surface area contributed by atoms with E-state index in [-0.39, 0.29) is 6.54 Å². The van der Waals surface area contributed by atoms with Crippen LogP contribution in [0.3, 0.4) is 0 Å². The van der Waals surface area contributed by atoms with Crippen molar-refractivity contribution in [2.75, 3.05) is 6.54 Å². The maximum absolute atomic E-state index is 13.1. The van der Waals surface area contributed by atoms with Crippen molar-refractivity contribution in [3.8, 4) is 0 Å². The first-order chi connectivity index (χ1) is 7.02. The molecule has 0 bridgehead atoms. The summed E-state index contributed by atoms with van der Waals surface area (Å²) in [6.45, 7) is 5.47. The molecular formula is C11H11F2NO. The van der Waals surface area contributed by atoms with E-state index in [1.165, 1.54) is 6.07 Å². The zero-order valence-electron chi connectivity index (χ0n) is 8.31. The van der Waals surface area contributed by atoms with Crippen LogP contribution >= 0.6 is 0 Å². The fraction of sp³-hybridized carbons (Fsp3) is 0.182. The lowest BCUT2D eigenvalue weighted by atomic mass is 10.2. The third kappa shape index (κ3) is 2.87. The van der Waals surface area contributed by atoms with Gasteiger partial charge in [0.25, 0.3) is 5.91 Å². The van der Waals surface area contributed by atoms with Gasteiger partial charge in [0.1, 0.15) is 17.2 Å². The number of hydrogen-bond donors (Lipinski definition) is 1. The lowest BCUT2D eigenvalue weighted by Crippen LogP contribution is -2.26. The van der Waals surface area contributed by atoms with E-state index in [0.717, 1.165) is 12.1 Å². The third-order valence-corrected chi connectivity index (χ3v) is 1.74. The minimum atomic E-state index is -0.866. The minimum Gasteiger partial charge on any atom is -0.348 e. The van der Waals surface area contributed by atoms with Gasteiger partial charge in [-0.25, -0.2) is 8.78 Å². The van der Waals surface area contributed by atoms with Crippen LogP contribution in [0.5, 0.6) is 0 Å². The fourth-order valence-corrected chi connectivity index (χ4v) is 1.03. The largest absolute Gasteiger partial charge is 0.348 e. The predicted molar refractivity (Wildman–Crippen MR) is 53.5 cm³/mol. The molecule has 0 saturated carbocycles. The van der Waals surface area contributed by atoms with Gasteiger partial charge < -0.3 is 5.32 Å². The van der Waals surface area contributed by atoms with Crippen LogP contribution in [0.1, 0.15) is 17.3 Å². The predicted octanol–water partition coefficient (Wildman–Crippen LogP) is 2.27. The Hall–Kier alpha value is -1.71. The molecule has 0 aliphatic rings. The van der Waals surface area contributed by atoms with Gasteiger partial charge in [0.05, 0.1) is 0 Å². The van der Waals surface area contributed by atoms with Crippen molar-refractivity contribution in [1.29, 1.82) is 0 Å². The van der Waals surface area contributed by atoms with Gasteiger partial charge in [-0.05, 0) is 19.1 Å². The van der Waals surface area contributed by atoms with Crippen molar-refractivity contribution in [1.82, 2.24) is 5.32 Å². The zero-order valence-corrected chi connectivity index (χ0v) is 8.31. The van der Waals surface area contributed by atoms with E-state index in [9.17, 15) is 13.6 Å². The lowest BCUT2D eigenvalue weighted by molar-refractivity contribution is 0.0948. The Kier molecular flexibility index (Phi) is 3.55. The summed E-state index contributed by atoms with van der Waals surface area (Å²) in [6, 6.07) is 3.29. The van der Waals surface area contributed by atoms with E-state index in [2.05, 4.69) is 11.9 Å². The summed E-state index contributed by atoms with van der Waals surface area (Å²) in [5, 5.41) is 2.36. The van der Waals surface area contributed by atoms with Crippen molar-refractivity contribution in [2.24, 2.45) is 0 Å². The quantitative estimate of drug-likeness (QED) is 0.763. The second-order valence-corrected chi connectivity index (χ2v) is 3.24. The Morgan fingerprint density at radius 2 is 1.93 bits per heavy atom. The smallest absolute Gasteiger partial charge is 0.257 e. The number of carbonyl (C=O) groups is 1. The minimum absolute atomic E-state index is 0.201. The van der Waals surface area contributed by atoms with Gasteiger partial charge in [0.15, 0.2) is 0 Å². The highest BCUT2D eigenvalue weighted by atomic mass is 19.1. The Morgan fingerprint density at radius 1 is 1.40 bits per heavy atom. The fourth-order valence-electron chi connectivity index (χ4n) is 1.03. The molecular weight excluding hydrogens is 200 g/mol. The van der Waals surface area contributed by atoms with E-state index in [4.69, 9.17) is 0 Å². The van der Waals surface area contributed by atoms with Gasteiger partial charge in [-0.1, -0.05) is 18.2 Å². The summed E-state index contributed by atoms with van der Waals surface area (Å²) in [6.07, 6.45) is 0. The number of hydrogen-bond acceptors (Lipinski definition) is 1. The Bertz CT molecular complexity index is 381. The average Bonchev–Trinajstić information content (AvgIpc) is 2.14. The monoisotopic (exact) mass is 211 g/mol. The normalized spacial score (nSPS) is 9.80. The Morgan fingerprint density at radius 3 is 2.40 bits per heavy atom. The number of halogens is 2. The van der Waals surface area contributed by atoms with Gasteiger partial charge in [-0.15, -0.1) is 0 Å². The van der Waals surface area contributed by atoms with E-state index in [0.29, 0.717) is 5.57 Å². The number of rotatable bonds is 3. The molecule has 0 aromatic heterocycles. The average molecular weight is 211 g/mol. The first-order valence-corrected chi connectivity index (χ1v) is 4.39. The molecule has 0 radical (unpaired) electrons. The topological polar surface area (TPSA) is 29.1 Å². The van der Waals surface area contributed by atoms with Crippen LogP contribution < -0.4 is 5.32 Å². The van der Waals surface area contributed by atoms with Crippen LogP contribution in [0.15, 0.2) is 30.4 Å². The molecule has 1 aromatic carbocycles. The molecule has 80 valence electrons. The molecule has 0 aliphatic heterocycles. The van der Waals surface area contributed by atoms with Crippen LogP contribution in [0.4, 0.5) is 8.78 Å². The molecule has 15 heavy (non-hydrogen) atoms. The van der Waals surface area contributed by atoms with Gasteiger partial charge in [-0.3, -0.25) is 4.79 Å². The van der Waals surface area contributed by atoms with E-state index >= 15 is 0 Å². The van der Waals surface area contributed by atoms with E-state index in [1.807, 2.05) is 0 Å². The van der Waals surface area contributed by atoms with Crippen LogP contribution in [0.25, 0.3) is 0 Å². The van der Waals surface area contributed by atoms with Crippen molar-refractivity contribution in [2.45, 2.75) is 6.92 Å². The molecule has 0 unspecified atom stereocenters. The second-order valence-electron chi connectivity index (χ2n) is 3.24. The summed E-state index contributed by atoms with van der Waals surface area (Å²) < 4.78 is 26.2. The van der Waals surface area contributed by atoms with Gasteiger partial charge in [-0.2, -0.15) is 0 Å². The lowest BCUT2D eigenvalue weighted by Gasteiger charge is -2.06. The number of amides is 1. The van der Waals surface area contributed by atoms with Crippen LogP contribution in [-0.2, 0) is 0 Å². The van der Waals surface area contributed by atoms with E-state index in [1.54, 1.807) is 6.92 Å². The van der Waals surface area contributed by atoms with Crippen molar-refractivity contribution in [3.63, 3.8) is 0 Å². The second kappa shape index (κ2) is 4.68. The molecule has 4 heteroatoms. The van der Waals surface area contributed by atoms with Gasteiger partial charge in [0, 0.05) is 6.54 Å². The van der Waals surface area contributed by atoms with Crippen LogP contribution in [0, 0.1) is 11.6 Å². The molecule has 0 spiro atoms. The maximum Gasteiger partial charge on any atom is 0.257 e. The van der Waals surface area contributed by atoms with Crippen LogP contribution in [-0.4, -0.2) is 12.5 Å². The number of carbonyl (C=O) groups excluding carboxylic acids is 1. The summed E-state index contributed by atoms with van der Waals surface area (Å²) in [4.78, 5) is 11.4. The highest BCUT2D eigenvalue weighted by molar-refractivity contribution is 5.94. The molecule has 0 fully saturated rings. The molecule has 0 atom stereocenters. The third-order valence-electron chi connectivity index (χ3n) is 1.74. The summed E-state index contributed by atoms with van der Waals surface area (Å²) >= 11 is 0. The van der Waals surface area contributed by atoms with E-state index < -0.39 is 23.1 Å². The van der Waals surface area contributed by atoms with Crippen molar-refractivity contribution >= 4 is 5.91 Å². The molecule has 0 heterocycles. The number of benzene rings is 1. The highest BCUT2D eigenvalue weighted by Crippen LogP contribution is 2.11. The Balaban J connectivity index is 2.86. The summed E-state index contributed by atoms with van der Waals surface area (Å²) in [5.74, 6) is -2.50. The van der Waals surface area contributed by atoms with Gasteiger partial charge >= 0.3 is 0 Å². The molecule has 1 aromatic rings. The SMILES string of the molecule is C=C(C)CNC(=O)c1c(F)cccc1F. The van der Waals surface area contributed by atoms with Crippen molar-refractivity contribution in [3.05, 3.63) is 47.5 Å². The molecule has 1 amide bonds. The highest BCUT2D eigenvalue weighted by Gasteiger charge is 2.15. The maximum atomic E-state index is 13.1.